The molecule has 0 aromatic heterocycles. The van der Waals surface area contributed by atoms with Gasteiger partial charge in [-0.25, -0.2) is 4.79 Å². The quantitative estimate of drug-likeness (QED) is 0.588. The van der Waals surface area contributed by atoms with E-state index in [9.17, 15) is 4.79 Å². The van der Waals surface area contributed by atoms with Crippen LogP contribution in [-0.4, -0.2) is 5.97 Å². The largest absolute Gasteiger partial charge is 0.423 e. The SMILES string of the molecule is C=Cc1ccccc1C(=O)Oc1ccccc1. The Morgan fingerprint density at radius 3 is 2.35 bits per heavy atom. The van der Waals surface area contributed by atoms with E-state index in [-0.39, 0.29) is 5.97 Å². The fourth-order valence-electron chi connectivity index (χ4n) is 1.51. The molecule has 0 aliphatic heterocycles. The number of carbonyl (C=O) groups excluding carboxylic acids is 1. The molecule has 0 amide bonds. The van der Waals surface area contributed by atoms with Crippen LogP contribution in [0.3, 0.4) is 0 Å². The first-order valence-electron chi connectivity index (χ1n) is 5.30. The molecule has 2 aromatic carbocycles. The van der Waals surface area contributed by atoms with Crippen LogP contribution in [-0.2, 0) is 0 Å². The normalized spacial score (nSPS) is 9.65. The summed E-state index contributed by atoms with van der Waals surface area (Å²) in [4.78, 5) is 11.9. The standard InChI is InChI=1S/C15H12O2/c1-2-12-8-6-7-11-14(12)15(16)17-13-9-4-3-5-10-13/h2-11H,1H2. The summed E-state index contributed by atoms with van der Waals surface area (Å²) in [7, 11) is 0. The zero-order chi connectivity index (χ0) is 12.1. The fraction of sp³-hybridized carbons (Fsp3) is 0. The van der Waals surface area contributed by atoms with E-state index in [0.717, 1.165) is 5.56 Å². The van der Waals surface area contributed by atoms with Crippen LogP contribution in [0.15, 0.2) is 61.2 Å². The molecule has 0 saturated carbocycles. The summed E-state index contributed by atoms with van der Waals surface area (Å²) < 4.78 is 5.26. The van der Waals surface area contributed by atoms with Gasteiger partial charge < -0.3 is 4.74 Å². The van der Waals surface area contributed by atoms with E-state index in [0.29, 0.717) is 11.3 Å². The van der Waals surface area contributed by atoms with Crippen molar-refractivity contribution < 1.29 is 9.53 Å². The van der Waals surface area contributed by atoms with E-state index < -0.39 is 0 Å². The predicted octanol–water partition coefficient (Wildman–Crippen LogP) is 3.55. The Bertz CT molecular complexity index is 530. The van der Waals surface area contributed by atoms with Crippen LogP contribution in [0, 0.1) is 0 Å². The van der Waals surface area contributed by atoms with Crippen molar-refractivity contribution in [1.29, 1.82) is 0 Å². The first-order chi connectivity index (χ1) is 8.31. The third kappa shape index (κ3) is 2.61. The highest BCUT2D eigenvalue weighted by molar-refractivity contribution is 5.94. The zero-order valence-corrected chi connectivity index (χ0v) is 9.30. The second kappa shape index (κ2) is 5.12. The van der Waals surface area contributed by atoms with Crippen LogP contribution >= 0.6 is 0 Å². The lowest BCUT2D eigenvalue weighted by Gasteiger charge is -2.06. The van der Waals surface area contributed by atoms with E-state index in [4.69, 9.17) is 4.74 Å². The number of para-hydroxylation sites is 1. The van der Waals surface area contributed by atoms with Gasteiger partial charge in [0.15, 0.2) is 0 Å². The molecule has 17 heavy (non-hydrogen) atoms. The van der Waals surface area contributed by atoms with Gasteiger partial charge in [-0.2, -0.15) is 0 Å². The number of esters is 1. The number of carbonyl (C=O) groups is 1. The maximum atomic E-state index is 11.9. The Balaban J connectivity index is 2.23. The monoisotopic (exact) mass is 224 g/mol. The van der Waals surface area contributed by atoms with Crippen molar-refractivity contribution in [3.63, 3.8) is 0 Å². The molecule has 0 atom stereocenters. The molecule has 0 unspecified atom stereocenters. The fourth-order valence-corrected chi connectivity index (χ4v) is 1.51. The highest BCUT2D eigenvalue weighted by Gasteiger charge is 2.10. The minimum atomic E-state index is -0.369. The van der Waals surface area contributed by atoms with Gasteiger partial charge in [0.2, 0.25) is 0 Å². The molecule has 0 N–H and O–H groups in total. The Kier molecular flexibility index (Phi) is 3.36. The van der Waals surface area contributed by atoms with Crippen LogP contribution in [0.2, 0.25) is 0 Å². The summed E-state index contributed by atoms with van der Waals surface area (Å²) in [6, 6.07) is 16.2. The van der Waals surface area contributed by atoms with E-state index in [1.165, 1.54) is 0 Å². The molecule has 2 aromatic rings. The maximum absolute atomic E-state index is 11.9. The Labute approximate surface area is 100 Å². The first kappa shape index (κ1) is 11.1. The topological polar surface area (TPSA) is 26.3 Å². The summed E-state index contributed by atoms with van der Waals surface area (Å²) in [5.41, 5.74) is 1.29. The first-order valence-corrected chi connectivity index (χ1v) is 5.30. The zero-order valence-electron chi connectivity index (χ0n) is 9.30. The molecule has 0 fully saturated rings. The molecule has 0 aliphatic carbocycles. The average Bonchev–Trinajstić information content (AvgIpc) is 2.40. The lowest BCUT2D eigenvalue weighted by atomic mass is 10.1. The summed E-state index contributed by atoms with van der Waals surface area (Å²) in [5.74, 6) is 0.170. The van der Waals surface area contributed by atoms with Gasteiger partial charge in [0, 0.05) is 0 Å². The van der Waals surface area contributed by atoms with Crippen molar-refractivity contribution >= 4 is 12.0 Å². The lowest BCUT2D eigenvalue weighted by molar-refractivity contribution is 0.0734. The molecular formula is C15H12O2. The van der Waals surface area contributed by atoms with E-state index in [1.54, 1.807) is 30.3 Å². The summed E-state index contributed by atoms with van der Waals surface area (Å²) >= 11 is 0. The van der Waals surface area contributed by atoms with Gasteiger partial charge >= 0.3 is 5.97 Å². The molecule has 0 saturated heterocycles. The Hall–Kier alpha value is -2.35. The van der Waals surface area contributed by atoms with Crippen molar-refractivity contribution in [2.75, 3.05) is 0 Å². The van der Waals surface area contributed by atoms with Crippen molar-refractivity contribution in [3.8, 4) is 5.75 Å². The van der Waals surface area contributed by atoms with Crippen LogP contribution in [0.1, 0.15) is 15.9 Å². The molecule has 2 rings (SSSR count). The summed E-state index contributed by atoms with van der Waals surface area (Å²) in [5, 5.41) is 0. The minimum absolute atomic E-state index is 0.369. The summed E-state index contributed by atoms with van der Waals surface area (Å²) in [6.45, 7) is 3.67. The smallest absolute Gasteiger partial charge is 0.344 e. The molecule has 0 spiro atoms. The van der Waals surface area contributed by atoms with Gasteiger partial charge in [0.05, 0.1) is 5.56 Å². The number of hydrogen-bond donors (Lipinski definition) is 0. The van der Waals surface area contributed by atoms with Gasteiger partial charge in [-0.1, -0.05) is 49.1 Å². The van der Waals surface area contributed by atoms with Crippen molar-refractivity contribution in [1.82, 2.24) is 0 Å². The number of hydrogen-bond acceptors (Lipinski definition) is 2. The Morgan fingerprint density at radius 2 is 1.65 bits per heavy atom. The minimum Gasteiger partial charge on any atom is -0.423 e. The molecule has 0 radical (unpaired) electrons. The molecule has 0 aliphatic rings. The maximum Gasteiger partial charge on any atom is 0.344 e. The van der Waals surface area contributed by atoms with Crippen LogP contribution < -0.4 is 4.74 Å². The highest BCUT2D eigenvalue weighted by atomic mass is 16.5. The van der Waals surface area contributed by atoms with Crippen molar-refractivity contribution in [3.05, 3.63) is 72.3 Å². The van der Waals surface area contributed by atoms with Crippen molar-refractivity contribution in [2.24, 2.45) is 0 Å². The highest BCUT2D eigenvalue weighted by Crippen LogP contribution is 2.15. The third-order valence-corrected chi connectivity index (χ3v) is 2.35. The molecule has 84 valence electrons. The van der Waals surface area contributed by atoms with E-state index in [1.807, 2.05) is 30.3 Å². The second-order valence-corrected chi connectivity index (χ2v) is 3.49. The Morgan fingerprint density at radius 1 is 1.00 bits per heavy atom. The third-order valence-electron chi connectivity index (χ3n) is 2.35. The van der Waals surface area contributed by atoms with Gasteiger partial charge in [0.25, 0.3) is 0 Å². The van der Waals surface area contributed by atoms with E-state index in [2.05, 4.69) is 6.58 Å². The predicted molar refractivity (Wildman–Crippen MR) is 67.9 cm³/mol. The lowest BCUT2D eigenvalue weighted by Crippen LogP contribution is -2.09. The molecule has 2 heteroatoms. The van der Waals surface area contributed by atoms with Gasteiger partial charge in [0.1, 0.15) is 5.75 Å². The number of rotatable bonds is 3. The molecule has 0 heterocycles. The van der Waals surface area contributed by atoms with E-state index >= 15 is 0 Å². The molecule has 0 bridgehead atoms. The van der Waals surface area contributed by atoms with Crippen LogP contribution in [0.5, 0.6) is 5.75 Å². The average molecular weight is 224 g/mol. The van der Waals surface area contributed by atoms with Gasteiger partial charge in [-0.05, 0) is 23.8 Å². The molecule has 2 nitrogen and oxygen atoms in total. The molecular weight excluding hydrogens is 212 g/mol. The van der Waals surface area contributed by atoms with Crippen molar-refractivity contribution in [2.45, 2.75) is 0 Å². The van der Waals surface area contributed by atoms with Gasteiger partial charge in [-0.3, -0.25) is 0 Å². The van der Waals surface area contributed by atoms with Gasteiger partial charge in [-0.15, -0.1) is 0 Å². The second-order valence-electron chi connectivity index (χ2n) is 3.49. The van der Waals surface area contributed by atoms with Crippen LogP contribution in [0.4, 0.5) is 0 Å². The number of benzene rings is 2. The van der Waals surface area contributed by atoms with Crippen LogP contribution in [0.25, 0.3) is 6.08 Å². The summed E-state index contributed by atoms with van der Waals surface area (Å²) in [6.07, 6.45) is 1.64. The number of ether oxygens (including phenoxy) is 1.